The van der Waals surface area contributed by atoms with Crippen molar-refractivity contribution in [3.8, 4) is 0 Å². The molecule has 2 aromatic rings. The summed E-state index contributed by atoms with van der Waals surface area (Å²) < 4.78 is 38.1. The zero-order valence-corrected chi connectivity index (χ0v) is 9.14. The van der Waals surface area contributed by atoms with E-state index < -0.39 is 17.5 Å². The number of nitrogens with zero attached hydrogens (tertiary/aromatic N) is 4. The number of carbonyl (C=O) groups excluding carboxylic acids is 1. The van der Waals surface area contributed by atoms with Crippen LogP contribution in [0.1, 0.15) is 21.9 Å². The third-order valence-corrected chi connectivity index (χ3v) is 2.24. The highest BCUT2D eigenvalue weighted by Gasteiger charge is 2.31. The Morgan fingerprint density at radius 1 is 1.28 bits per heavy atom. The first-order valence-electron chi connectivity index (χ1n) is 4.81. The molecule has 2 heterocycles. The molecule has 0 saturated heterocycles. The number of aryl methyl sites for hydroxylation is 1. The number of pyridine rings is 1. The van der Waals surface area contributed by atoms with Gasteiger partial charge in [0, 0.05) is 13.2 Å². The summed E-state index contributed by atoms with van der Waals surface area (Å²) in [6.07, 6.45) is -2.68. The second-order valence-electron chi connectivity index (χ2n) is 3.47. The molecule has 2 rings (SSSR count). The number of carbonyl (C=O) groups is 1. The molecule has 0 aliphatic rings. The third kappa shape index (κ3) is 2.22. The highest BCUT2D eigenvalue weighted by Crippen LogP contribution is 2.28. The van der Waals surface area contributed by atoms with Crippen molar-refractivity contribution in [1.29, 1.82) is 0 Å². The van der Waals surface area contributed by atoms with E-state index in [1.165, 1.54) is 18.1 Å². The van der Waals surface area contributed by atoms with Crippen LogP contribution < -0.4 is 0 Å². The first kappa shape index (κ1) is 12.2. The third-order valence-electron chi connectivity index (χ3n) is 2.24. The van der Waals surface area contributed by atoms with Gasteiger partial charge in [0.2, 0.25) is 11.6 Å². The van der Waals surface area contributed by atoms with Crippen molar-refractivity contribution in [1.82, 2.24) is 19.7 Å². The van der Waals surface area contributed by atoms with Crippen molar-refractivity contribution >= 4 is 5.78 Å². The van der Waals surface area contributed by atoms with Gasteiger partial charge in [0.05, 0.1) is 5.56 Å². The van der Waals surface area contributed by atoms with Crippen LogP contribution in [0.25, 0.3) is 0 Å². The smallest absolute Gasteiger partial charge is 0.283 e. The average Bonchev–Trinajstić information content (AvgIpc) is 2.73. The summed E-state index contributed by atoms with van der Waals surface area (Å²) in [5.41, 5.74) is -1.02. The standard InChI is InChI=1S/C10H7F3N4O/c1-17-9(15-5-16-17)8(18)7-3-2-6(4-14-7)10(11,12)13/h2-5H,1H3. The summed E-state index contributed by atoms with van der Waals surface area (Å²) in [5.74, 6) is -0.564. The Labute approximate surface area is 99.3 Å². The van der Waals surface area contributed by atoms with Crippen LogP contribution in [0.2, 0.25) is 0 Å². The maximum atomic E-state index is 12.3. The number of hydrogen-bond donors (Lipinski definition) is 0. The van der Waals surface area contributed by atoms with Gasteiger partial charge in [-0.3, -0.25) is 9.78 Å². The van der Waals surface area contributed by atoms with Gasteiger partial charge < -0.3 is 0 Å². The van der Waals surface area contributed by atoms with E-state index in [1.807, 2.05) is 0 Å². The molecule has 94 valence electrons. The van der Waals surface area contributed by atoms with E-state index in [-0.39, 0.29) is 11.5 Å². The predicted octanol–water partition coefficient (Wildman–Crippen LogP) is 1.46. The molecule has 0 spiro atoms. The SMILES string of the molecule is Cn1ncnc1C(=O)c1ccc(C(F)(F)F)cn1. The molecule has 0 bridgehead atoms. The van der Waals surface area contributed by atoms with Gasteiger partial charge in [0.1, 0.15) is 12.0 Å². The molecule has 0 atom stereocenters. The number of aromatic nitrogens is 4. The Morgan fingerprint density at radius 3 is 2.44 bits per heavy atom. The van der Waals surface area contributed by atoms with Gasteiger partial charge in [-0.15, -0.1) is 0 Å². The van der Waals surface area contributed by atoms with Crippen molar-refractivity contribution in [2.45, 2.75) is 6.18 Å². The first-order chi connectivity index (χ1) is 8.39. The zero-order valence-electron chi connectivity index (χ0n) is 9.14. The molecule has 18 heavy (non-hydrogen) atoms. The molecule has 0 N–H and O–H groups in total. The molecule has 8 heteroatoms. The lowest BCUT2D eigenvalue weighted by Gasteiger charge is -2.06. The Bertz CT molecular complexity index is 574. The Balaban J connectivity index is 2.31. The summed E-state index contributed by atoms with van der Waals surface area (Å²) in [5, 5.41) is 3.70. The van der Waals surface area contributed by atoms with Crippen LogP contribution in [0.5, 0.6) is 0 Å². The van der Waals surface area contributed by atoms with Crippen molar-refractivity contribution in [3.05, 3.63) is 41.7 Å². The van der Waals surface area contributed by atoms with Gasteiger partial charge in [-0.1, -0.05) is 0 Å². The summed E-state index contributed by atoms with van der Waals surface area (Å²) in [7, 11) is 1.50. The number of halogens is 3. The minimum Gasteiger partial charge on any atom is -0.283 e. The maximum Gasteiger partial charge on any atom is 0.417 e. The normalized spacial score (nSPS) is 11.6. The maximum absolute atomic E-state index is 12.3. The number of ketones is 1. The van der Waals surface area contributed by atoms with Crippen LogP contribution in [0, 0.1) is 0 Å². The zero-order chi connectivity index (χ0) is 13.3. The largest absolute Gasteiger partial charge is 0.417 e. The van der Waals surface area contributed by atoms with E-state index in [1.54, 1.807) is 0 Å². The van der Waals surface area contributed by atoms with E-state index in [0.29, 0.717) is 6.20 Å². The minimum atomic E-state index is -4.47. The van der Waals surface area contributed by atoms with Gasteiger partial charge in [-0.25, -0.2) is 9.67 Å². The van der Waals surface area contributed by atoms with Crippen molar-refractivity contribution in [2.75, 3.05) is 0 Å². The minimum absolute atomic E-state index is 0.0160. The van der Waals surface area contributed by atoms with Gasteiger partial charge in [-0.2, -0.15) is 18.3 Å². The highest BCUT2D eigenvalue weighted by molar-refractivity contribution is 6.05. The Kier molecular flexibility index (Phi) is 2.85. The van der Waals surface area contributed by atoms with E-state index in [4.69, 9.17) is 0 Å². The van der Waals surface area contributed by atoms with Gasteiger partial charge in [0.15, 0.2) is 0 Å². The molecule has 0 unspecified atom stereocenters. The first-order valence-corrected chi connectivity index (χ1v) is 4.81. The molecule has 0 fully saturated rings. The molecular weight excluding hydrogens is 249 g/mol. The van der Waals surface area contributed by atoms with Crippen LogP contribution >= 0.6 is 0 Å². The van der Waals surface area contributed by atoms with Gasteiger partial charge in [-0.05, 0) is 12.1 Å². The fraction of sp³-hybridized carbons (Fsp3) is 0.200. The van der Waals surface area contributed by atoms with Gasteiger partial charge >= 0.3 is 6.18 Å². The van der Waals surface area contributed by atoms with Gasteiger partial charge in [0.25, 0.3) is 0 Å². The topological polar surface area (TPSA) is 60.7 Å². The van der Waals surface area contributed by atoms with Crippen LogP contribution in [-0.2, 0) is 13.2 Å². The summed E-state index contributed by atoms with van der Waals surface area (Å²) in [6.45, 7) is 0. The molecule has 0 amide bonds. The molecule has 0 radical (unpaired) electrons. The van der Waals surface area contributed by atoms with Crippen LogP contribution in [-0.4, -0.2) is 25.5 Å². The monoisotopic (exact) mass is 256 g/mol. The number of hydrogen-bond acceptors (Lipinski definition) is 4. The van der Waals surface area contributed by atoms with Crippen molar-refractivity contribution < 1.29 is 18.0 Å². The lowest BCUT2D eigenvalue weighted by atomic mass is 10.2. The van der Waals surface area contributed by atoms with E-state index >= 15 is 0 Å². The number of rotatable bonds is 2. The molecule has 0 aliphatic heterocycles. The Morgan fingerprint density at radius 2 is 2.00 bits per heavy atom. The lowest BCUT2D eigenvalue weighted by molar-refractivity contribution is -0.137. The highest BCUT2D eigenvalue weighted by atomic mass is 19.4. The number of alkyl halides is 3. The summed E-state index contributed by atoms with van der Waals surface area (Å²) >= 11 is 0. The fourth-order valence-electron chi connectivity index (χ4n) is 1.31. The van der Waals surface area contributed by atoms with Crippen LogP contribution in [0.3, 0.4) is 0 Å². The molecule has 0 aliphatic carbocycles. The average molecular weight is 256 g/mol. The van der Waals surface area contributed by atoms with Crippen LogP contribution in [0.15, 0.2) is 24.7 Å². The van der Waals surface area contributed by atoms with Crippen molar-refractivity contribution in [3.63, 3.8) is 0 Å². The fourth-order valence-corrected chi connectivity index (χ4v) is 1.31. The van der Waals surface area contributed by atoms with E-state index in [2.05, 4.69) is 15.1 Å². The quantitative estimate of drug-likeness (QED) is 0.763. The lowest BCUT2D eigenvalue weighted by Crippen LogP contribution is -2.12. The molecule has 0 saturated carbocycles. The van der Waals surface area contributed by atoms with E-state index in [0.717, 1.165) is 12.1 Å². The predicted molar refractivity (Wildman–Crippen MR) is 53.7 cm³/mol. The Hall–Kier alpha value is -2.25. The van der Waals surface area contributed by atoms with Crippen LogP contribution in [0.4, 0.5) is 13.2 Å². The molecular formula is C10H7F3N4O. The summed E-state index contributed by atoms with van der Waals surface area (Å²) in [4.78, 5) is 19.0. The molecule has 2 aromatic heterocycles. The molecule has 0 aromatic carbocycles. The second-order valence-corrected chi connectivity index (χ2v) is 3.47. The van der Waals surface area contributed by atoms with Crippen molar-refractivity contribution in [2.24, 2.45) is 7.05 Å². The molecule has 5 nitrogen and oxygen atoms in total. The second kappa shape index (κ2) is 4.21. The van der Waals surface area contributed by atoms with E-state index in [9.17, 15) is 18.0 Å². The summed E-state index contributed by atoms with van der Waals surface area (Å²) in [6, 6.07) is 1.82.